The molecule has 0 N–H and O–H groups in total. The zero-order valence-corrected chi connectivity index (χ0v) is 22.3. The number of hydrogen-bond donors (Lipinski definition) is 0. The van der Waals surface area contributed by atoms with Crippen LogP contribution in [0, 0.1) is 0 Å². The topological polar surface area (TPSA) is 47.8 Å². The van der Waals surface area contributed by atoms with Gasteiger partial charge in [-0.15, -0.1) is 10.2 Å². The Morgan fingerprint density at radius 1 is 0.946 bits per heavy atom. The van der Waals surface area contributed by atoms with Crippen molar-refractivity contribution in [2.45, 2.75) is 38.0 Å². The summed E-state index contributed by atoms with van der Waals surface area (Å²) in [5, 5.41) is 10.1. The van der Waals surface area contributed by atoms with Crippen LogP contribution in [0.4, 0.5) is 13.2 Å². The van der Waals surface area contributed by atoms with E-state index in [2.05, 4.69) is 10.2 Å². The van der Waals surface area contributed by atoms with Crippen LogP contribution in [-0.4, -0.2) is 26.3 Å². The fourth-order valence-electron chi connectivity index (χ4n) is 3.99. The predicted octanol–water partition coefficient (Wildman–Crippen LogP) is 8.36. The summed E-state index contributed by atoms with van der Waals surface area (Å²) in [4.78, 5) is 12.9. The summed E-state index contributed by atoms with van der Waals surface area (Å²) < 4.78 is 41.3. The van der Waals surface area contributed by atoms with Crippen LogP contribution in [-0.2, 0) is 19.0 Å². The third-order valence-corrected chi connectivity index (χ3v) is 7.31. The number of aromatic nitrogens is 3. The molecule has 0 atom stereocenters. The zero-order chi connectivity index (χ0) is 26.7. The van der Waals surface area contributed by atoms with Gasteiger partial charge in [-0.3, -0.25) is 9.36 Å². The number of hydrogen-bond acceptors (Lipinski definition) is 4. The number of halogens is 5. The van der Waals surface area contributed by atoms with Crippen molar-refractivity contribution in [3.05, 3.63) is 93.0 Å². The van der Waals surface area contributed by atoms with Crippen LogP contribution >= 0.6 is 35.0 Å². The second kappa shape index (κ2) is 11.3. The van der Waals surface area contributed by atoms with Crippen LogP contribution in [0.5, 0.6) is 0 Å². The molecule has 0 aliphatic carbocycles. The van der Waals surface area contributed by atoms with Gasteiger partial charge in [0.15, 0.2) is 16.8 Å². The molecular formula is C27H22Cl2F3N3OS. The Morgan fingerprint density at radius 2 is 1.62 bits per heavy atom. The Balaban J connectivity index is 1.78. The van der Waals surface area contributed by atoms with E-state index in [4.69, 9.17) is 23.2 Å². The number of aryl methyl sites for hydroxylation is 2. The maximum atomic E-state index is 13.1. The van der Waals surface area contributed by atoms with E-state index in [-0.39, 0.29) is 11.3 Å². The van der Waals surface area contributed by atoms with Crippen molar-refractivity contribution in [1.82, 2.24) is 14.8 Å². The summed E-state index contributed by atoms with van der Waals surface area (Å²) in [5.41, 5.74) is 2.73. The van der Waals surface area contributed by atoms with Gasteiger partial charge in [-0.25, -0.2) is 0 Å². The molecule has 1 heterocycles. The summed E-state index contributed by atoms with van der Waals surface area (Å²) in [5.74, 6) is -0.0914. The van der Waals surface area contributed by atoms with Crippen molar-refractivity contribution in [3.63, 3.8) is 0 Å². The quantitative estimate of drug-likeness (QED) is 0.159. The number of nitrogens with zero attached hydrogens (tertiary/aromatic N) is 3. The van der Waals surface area contributed by atoms with Crippen LogP contribution < -0.4 is 0 Å². The molecular weight excluding hydrogens is 542 g/mol. The van der Waals surface area contributed by atoms with E-state index < -0.39 is 17.5 Å². The highest BCUT2D eigenvalue weighted by atomic mass is 35.5. The molecule has 0 radical (unpaired) electrons. The van der Waals surface area contributed by atoms with E-state index in [1.165, 1.54) is 12.1 Å². The van der Waals surface area contributed by atoms with Crippen molar-refractivity contribution in [3.8, 4) is 17.1 Å². The molecule has 0 aliphatic heterocycles. The number of carbonyl (C=O) groups excluding carboxylic acids is 1. The molecule has 0 unspecified atom stereocenters. The smallest absolute Gasteiger partial charge is 0.293 e. The highest BCUT2D eigenvalue weighted by Gasteiger charge is 2.31. The average molecular weight is 564 g/mol. The number of ketones is 1. The number of alkyl halides is 3. The number of rotatable bonds is 8. The number of Topliss-reactive ketones (excluding diaryl/α,β-unsaturated/α-hetero) is 1. The molecule has 4 aromatic rings. The minimum atomic E-state index is -4.53. The summed E-state index contributed by atoms with van der Waals surface area (Å²) in [7, 11) is 0. The molecule has 0 saturated heterocycles. The highest BCUT2D eigenvalue weighted by Crippen LogP contribution is 2.36. The van der Waals surface area contributed by atoms with Crippen molar-refractivity contribution in [2.24, 2.45) is 0 Å². The predicted molar refractivity (Wildman–Crippen MR) is 142 cm³/mol. The molecule has 0 aliphatic rings. The average Bonchev–Trinajstić information content (AvgIpc) is 3.29. The van der Waals surface area contributed by atoms with E-state index in [9.17, 15) is 18.0 Å². The summed E-state index contributed by atoms with van der Waals surface area (Å²) in [6.07, 6.45) is -3.05. The second-order valence-corrected chi connectivity index (χ2v) is 9.97. The molecule has 0 saturated carbocycles. The van der Waals surface area contributed by atoms with E-state index in [0.29, 0.717) is 26.6 Å². The standard InChI is InChI=1S/C27H22Cl2F3N3OS/c1-3-16-7-5-8-17(4-2)24(16)35-25(21-12-11-20(28)14-22(21)29)33-34-26(35)37-15-23(36)18-9-6-10-19(13-18)27(30,31)32/h5-14H,3-4,15H2,1-2H3. The van der Waals surface area contributed by atoms with Crippen LogP contribution in [0.25, 0.3) is 17.1 Å². The molecule has 0 fully saturated rings. The van der Waals surface area contributed by atoms with Crippen LogP contribution in [0.2, 0.25) is 10.0 Å². The van der Waals surface area contributed by atoms with Gasteiger partial charge in [0, 0.05) is 16.1 Å². The minimum Gasteiger partial charge on any atom is -0.293 e. The first-order chi connectivity index (χ1) is 17.6. The van der Waals surface area contributed by atoms with Crippen LogP contribution in [0.1, 0.15) is 40.9 Å². The van der Waals surface area contributed by atoms with Gasteiger partial charge in [0.2, 0.25) is 0 Å². The van der Waals surface area contributed by atoms with Gasteiger partial charge in [0.05, 0.1) is 22.0 Å². The molecule has 1 aromatic heterocycles. The van der Waals surface area contributed by atoms with E-state index in [1.54, 1.807) is 18.2 Å². The third kappa shape index (κ3) is 5.87. The van der Waals surface area contributed by atoms with Gasteiger partial charge < -0.3 is 0 Å². The Morgan fingerprint density at radius 3 is 2.24 bits per heavy atom. The van der Waals surface area contributed by atoms with E-state index in [0.717, 1.165) is 53.6 Å². The highest BCUT2D eigenvalue weighted by molar-refractivity contribution is 7.99. The number of carbonyl (C=O) groups is 1. The van der Waals surface area contributed by atoms with Crippen molar-refractivity contribution in [2.75, 3.05) is 5.75 Å². The van der Waals surface area contributed by atoms with E-state index in [1.807, 2.05) is 36.6 Å². The van der Waals surface area contributed by atoms with Crippen molar-refractivity contribution >= 4 is 40.7 Å². The lowest BCUT2D eigenvalue weighted by Crippen LogP contribution is -2.10. The summed E-state index contributed by atoms with van der Waals surface area (Å²) in [6, 6.07) is 15.5. The van der Waals surface area contributed by atoms with Crippen molar-refractivity contribution < 1.29 is 18.0 Å². The van der Waals surface area contributed by atoms with Crippen LogP contribution in [0.3, 0.4) is 0 Å². The van der Waals surface area contributed by atoms with Gasteiger partial charge in [0.25, 0.3) is 0 Å². The first-order valence-electron chi connectivity index (χ1n) is 11.5. The number of para-hydroxylation sites is 1. The molecule has 0 amide bonds. The van der Waals surface area contributed by atoms with E-state index >= 15 is 0 Å². The molecule has 10 heteroatoms. The lowest BCUT2D eigenvalue weighted by molar-refractivity contribution is -0.137. The third-order valence-electron chi connectivity index (χ3n) is 5.84. The fraction of sp³-hybridized carbons (Fsp3) is 0.222. The molecule has 3 aromatic carbocycles. The Hall–Kier alpha value is -2.81. The Bertz CT molecular complexity index is 1430. The lowest BCUT2D eigenvalue weighted by atomic mass is 10.0. The molecule has 4 nitrogen and oxygen atoms in total. The van der Waals surface area contributed by atoms with Gasteiger partial charge in [0.1, 0.15) is 0 Å². The Kier molecular flexibility index (Phi) is 8.31. The van der Waals surface area contributed by atoms with Gasteiger partial charge in [-0.05, 0) is 54.3 Å². The summed E-state index contributed by atoms with van der Waals surface area (Å²) in [6.45, 7) is 4.09. The zero-order valence-electron chi connectivity index (χ0n) is 19.9. The fourth-order valence-corrected chi connectivity index (χ4v) is 5.32. The molecule has 192 valence electrons. The van der Waals surface area contributed by atoms with Gasteiger partial charge in [-0.1, -0.05) is 79.1 Å². The molecule has 0 spiro atoms. The number of thioether (sulfide) groups is 1. The first kappa shape index (κ1) is 27.2. The Labute approximate surface area is 226 Å². The monoisotopic (exact) mass is 563 g/mol. The van der Waals surface area contributed by atoms with Crippen LogP contribution in [0.15, 0.2) is 65.8 Å². The number of benzene rings is 3. The minimum absolute atomic E-state index is 0.0161. The molecule has 37 heavy (non-hydrogen) atoms. The maximum Gasteiger partial charge on any atom is 0.416 e. The van der Waals surface area contributed by atoms with Gasteiger partial charge >= 0.3 is 6.18 Å². The largest absolute Gasteiger partial charge is 0.416 e. The second-order valence-electron chi connectivity index (χ2n) is 8.19. The first-order valence-corrected chi connectivity index (χ1v) is 13.2. The SMILES string of the molecule is CCc1cccc(CC)c1-n1c(SCC(=O)c2cccc(C(F)(F)F)c2)nnc1-c1ccc(Cl)cc1Cl. The lowest BCUT2D eigenvalue weighted by Gasteiger charge is -2.18. The molecule has 0 bridgehead atoms. The molecule has 4 rings (SSSR count). The summed E-state index contributed by atoms with van der Waals surface area (Å²) >= 11 is 13.7. The maximum absolute atomic E-state index is 13.1. The van der Waals surface area contributed by atoms with Gasteiger partial charge in [-0.2, -0.15) is 13.2 Å². The van der Waals surface area contributed by atoms with Crippen molar-refractivity contribution in [1.29, 1.82) is 0 Å². The normalized spacial score (nSPS) is 11.6.